The monoisotopic (exact) mass is 473 g/mol. The van der Waals surface area contributed by atoms with Gasteiger partial charge in [-0.2, -0.15) is 4.31 Å². The Labute approximate surface area is 193 Å². The molecule has 4 rings (SSSR count). The van der Waals surface area contributed by atoms with Crippen LogP contribution >= 0.6 is 0 Å². The summed E-state index contributed by atoms with van der Waals surface area (Å²) in [5.41, 5.74) is 1.88. The molecule has 10 heteroatoms. The van der Waals surface area contributed by atoms with E-state index in [0.29, 0.717) is 55.0 Å². The van der Waals surface area contributed by atoms with Crippen LogP contribution in [-0.2, 0) is 26.0 Å². The lowest BCUT2D eigenvalue weighted by atomic mass is 10.1. The van der Waals surface area contributed by atoms with Crippen molar-refractivity contribution in [3.05, 3.63) is 42.0 Å². The molecule has 2 aromatic rings. The maximum absolute atomic E-state index is 13.5. The number of aryl methyl sites for hydroxylation is 1. The topological polar surface area (TPSA) is 114 Å². The van der Waals surface area contributed by atoms with Crippen LogP contribution in [0.15, 0.2) is 41.3 Å². The molecule has 0 bridgehead atoms. The van der Waals surface area contributed by atoms with Gasteiger partial charge in [0.1, 0.15) is 17.5 Å². The van der Waals surface area contributed by atoms with Gasteiger partial charge >= 0.3 is 0 Å². The molecule has 0 saturated carbocycles. The van der Waals surface area contributed by atoms with Gasteiger partial charge in [-0.05, 0) is 49.4 Å². The van der Waals surface area contributed by atoms with E-state index in [-0.39, 0.29) is 17.3 Å². The summed E-state index contributed by atoms with van der Waals surface area (Å²) in [7, 11) is -0.876. The Morgan fingerprint density at radius 3 is 2.48 bits per heavy atom. The van der Waals surface area contributed by atoms with Gasteiger partial charge < -0.3 is 20.1 Å². The number of fused-ring (bicyclic) bond motifs is 1. The molecule has 1 saturated heterocycles. The van der Waals surface area contributed by atoms with E-state index in [1.165, 1.54) is 24.6 Å². The van der Waals surface area contributed by atoms with Crippen LogP contribution in [0.25, 0.3) is 0 Å². The molecule has 0 spiro atoms. The van der Waals surface area contributed by atoms with Crippen LogP contribution in [0, 0.1) is 0 Å². The Hall–Kier alpha value is -3.11. The molecule has 1 fully saturated rings. The first-order valence-corrected chi connectivity index (χ1v) is 12.2. The number of carbonyl (C=O) groups excluding carboxylic acids is 2. The van der Waals surface area contributed by atoms with Crippen LogP contribution < -0.4 is 20.1 Å². The van der Waals surface area contributed by atoms with Crippen LogP contribution in [0.3, 0.4) is 0 Å². The van der Waals surface area contributed by atoms with Gasteiger partial charge in [0.25, 0.3) is 0 Å². The highest BCUT2D eigenvalue weighted by Gasteiger charge is 2.39. The summed E-state index contributed by atoms with van der Waals surface area (Å²) in [4.78, 5) is 25.0. The number of ether oxygens (including phenoxy) is 2. The lowest BCUT2D eigenvalue weighted by molar-refractivity contribution is -0.119. The molecule has 33 heavy (non-hydrogen) atoms. The molecule has 2 heterocycles. The largest absolute Gasteiger partial charge is 0.497 e. The minimum atomic E-state index is -3.90. The quantitative estimate of drug-likeness (QED) is 0.667. The van der Waals surface area contributed by atoms with Crippen molar-refractivity contribution in [2.75, 3.05) is 31.4 Å². The number of carbonyl (C=O) groups is 2. The molecule has 2 aliphatic heterocycles. The standard InChI is InChI=1S/C23H27N3O6S/c1-31-17-12-16(13-18(14-17)32-2)24-23(28)21-6-4-10-26(21)33(29,30)19-8-9-20-15(11-19)5-3-7-22(27)25-20/h8-9,11-14,21H,3-7,10H2,1-2H3,(H,24,28)(H,25,27)/t21-/m1/s1. The fourth-order valence-electron chi connectivity index (χ4n) is 4.24. The predicted molar refractivity (Wildman–Crippen MR) is 123 cm³/mol. The summed E-state index contributed by atoms with van der Waals surface area (Å²) >= 11 is 0. The van der Waals surface area contributed by atoms with Gasteiger partial charge in [-0.25, -0.2) is 8.42 Å². The SMILES string of the molecule is COc1cc(NC(=O)[C@H]2CCCN2S(=O)(=O)c2ccc3c(c2)CCCC(=O)N3)cc(OC)c1. The zero-order valence-corrected chi connectivity index (χ0v) is 19.4. The molecule has 176 valence electrons. The van der Waals surface area contributed by atoms with Crippen molar-refractivity contribution < 1.29 is 27.5 Å². The number of nitrogens with one attached hydrogen (secondary N) is 2. The van der Waals surface area contributed by atoms with Crippen molar-refractivity contribution in [3.63, 3.8) is 0 Å². The third-order valence-corrected chi connectivity index (χ3v) is 7.84. The zero-order chi connectivity index (χ0) is 23.6. The second-order valence-electron chi connectivity index (χ2n) is 8.09. The van der Waals surface area contributed by atoms with Crippen LogP contribution in [-0.4, -0.2) is 51.3 Å². The fourth-order valence-corrected chi connectivity index (χ4v) is 5.95. The van der Waals surface area contributed by atoms with E-state index >= 15 is 0 Å². The van der Waals surface area contributed by atoms with Crippen molar-refractivity contribution in [2.45, 2.75) is 43.0 Å². The Bertz CT molecular complexity index is 1160. The average Bonchev–Trinajstić information content (AvgIpc) is 3.23. The number of rotatable bonds is 6. The lowest BCUT2D eigenvalue weighted by Gasteiger charge is -2.24. The minimum Gasteiger partial charge on any atom is -0.497 e. The normalized spacial score (nSPS) is 18.7. The molecule has 9 nitrogen and oxygen atoms in total. The first-order chi connectivity index (χ1) is 15.8. The number of amides is 2. The Kier molecular flexibility index (Phi) is 6.57. The maximum atomic E-state index is 13.5. The Balaban J connectivity index is 1.57. The highest BCUT2D eigenvalue weighted by Crippen LogP contribution is 2.32. The molecule has 2 N–H and O–H groups in total. The summed E-state index contributed by atoms with van der Waals surface area (Å²) < 4.78 is 38.6. The number of hydrogen-bond donors (Lipinski definition) is 2. The van der Waals surface area contributed by atoms with E-state index in [0.717, 1.165) is 5.56 Å². The Morgan fingerprint density at radius 2 is 1.79 bits per heavy atom. The fraction of sp³-hybridized carbons (Fsp3) is 0.391. The molecule has 2 amide bonds. The van der Waals surface area contributed by atoms with Crippen molar-refractivity contribution in [3.8, 4) is 11.5 Å². The minimum absolute atomic E-state index is 0.0743. The van der Waals surface area contributed by atoms with Gasteiger partial charge in [0.2, 0.25) is 21.8 Å². The summed E-state index contributed by atoms with van der Waals surface area (Å²) in [5, 5.41) is 5.61. The smallest absolute Gasteiger partial charge is 0.243 e. The van der Waals surface area contributed by atoms with Gasteiger partial charge in [-0.3, -0.25) is 9.59 Å². The predicted octanol–water partition coefficient (Wildman–Crippen LogP) is 2.77. The molecule has 2 aliphatic rings. The number of methoxy groups -OCH3 is 2. The average molecular weight is 474 g/mol. The van der Waals surface area contributed by atoms with Gasteiger partial charge in [0.15, 0.2) is 0 Å². The highest BCUT2D eigenvalue weighted by atomic mass is 32.2. The highest BCUT2D eigenvalue weighted by molar-refractivity contribution is 7.89. The third kappa shape index (κ3) is 4.81. The molecule has 2 aromatic carbocycles. The van der Waals surface area contributed by atoms with Crippen molar-refractivity contribution in [2.24, 2.45) is 0 Å². The zero-order valence-electron chi connectivity index (χ0n) is 18.6. The van der Waals surface area contributed by atoms with Gasteiger partial charge in [0, 0.05) is 42.5 Å². The van der Waals surface area contributed by atoms with E-state index in [1.54, 1.807) is 30.3 Å². The molecule has 0 unspecified atom stereocenters. The summed E-state index contributed by atoms with van der Waals surface area (Å²) in [5.74, 6) is 0.540. The lowest BCUT2D eigenvalue weighted by Crippen LogP contribution is -2.43. The number of sulfonamides is 1. The van der Waals surface area contributed by atoms with Crippen LogP contribution in [0.5, 0.6) is 11.5 Å². The third-order valence-electron chi connectivity index (χ3n) is 5.93. The molecular formula is C23H27N3O6S. The van der Waals surface area contributed by atoms with Gasteiger partial charge in [-0.15, -0.1) is 0 Å². The van der Waals surface area contributed by atoms with E-state index in [1.807, 2.05) is 0 Å². The molecule has 1 atom stereocenters. The summed E-state index contributed by atoms with van der Waals surface area (Å²) in [6, 6.07) is 8.87. The molecule has 0 aromatic heterocycles. The Morgan fingerprint density at radius 1 is 1.06 bits per heavy atom. The van der Waals surface area contributed by atoms with E-state index in [4.69, 9.17) is 9.47 Å². The molecule has 0 radical (unpaired) electrons. The van der Waals surface area contributed by atoms with Crippen LogP contribution in [0.2, 0.25) is 0 Å². The van der Waals surface area contributed by atoms with Crippen LogP contribution in [0.1, 0.15) is 31.2 Å². The number of nitrogens with zero attached hydrogens (tertiary/aromatic N) is 1. The number of hydrogen-bond acceptors (Lipinski definition) is 6. The van der Waals surface area contributed by atoms with Gasteiger partial charge in [0.05, 0.1) is 19.1 Å². The second-order valence-corrected chi connectivity index (χ2v) is 9.98. The first-order valence-electron chi connectivity index (χ1n) is 10.8. The van der Waals surface area contributed by atoms with Crippen molar-refractivity contribution in [1.82, 2.24) is 4.31 Å². The number of benzene rings is 2. The maximum Gasteiger partial charge on any atom is 0.243 e. The number of anilines is 2. The van der Waals surface area contributed by atoms with E-state index in [2.05, 4.69) is 10.6 Å². The van der Waals surface area contributed by atoms with Crippen LogP contribution in [0.4, 0.5) is 11.4 Å². The van der Waals surface area contributed by atoms with Crippen molar-refractivity contribution in [1.29, 1.82) is 0 Å². The van der Waals surface area contributed by atoms with E-state index < -0.39 is 22.0 Å². The summed E-state index contributed by atoms with van der Waals surface area (Å²) in [6.07, 6.45) is 2.67. The molecule has 0 aliphatic carbocycles. The first kappa shape index (κ1) is 23.1. The molecular weight excluding hydrogens is 446 g/mol. The summed E-state index contributed by atoms with van der Waals surface area (Å²) in [6.45, 7) is 0.260. The van der Waals surface area contributed by atoms with Gasteiger partial charge in [-0.1, -0.05) is 0 Å². The van der Waals surface area contributed by atoms with Crippen molar-refractivity contribution >= 4 is 33.2 Å². The van der Waals surface area contributed by atoms with E-state index in [9.17, 15) is 18.0 Å². The second kappa shape index (κ2) is 9.40.